The Balaban J connectivity index is 3.53. The highest BCUT2D eigenvalue weighted by molar-refractivity contribution is 5.51. The monoisotopic (exact) mass is 118 g/mol. The van der Waals surface area contributed by atoms with Crippen molar-refractivity contribution in [3.8, 4) is 0 Å². The van der Waals surface area contributed by atoms with E-state index >= 15 is 0 Å². The van der Waals surface area contributed by atoms with Gasteiger partial charge in [0.25, 0.3) is 0 Å². The van der Waals surface area contributed by atoms with Crippen molar-refractivity contribution < 1.29 is 15.0 Å². The standard InChI is InChI=1S/C5H10O3/c1-5(8,4-7)2-3-6/h3,7-8H,2,4H2,1H3. The van der Waals surface area contributed by atoms with Crippen LogP contribution in [-0.4, -0.2) is 28.7 Å². The maximum absolute atomic E-state index is 9.71. The number of rotatable bonds is 3. The average molecular weight is 118 g/mol. The van der Waals surface area contributed by atoms with Gasteiger partial charge in [0, 0.05) is 6.42 Å². The van der Waals surface area contributed by atoms with E-state index in [1.807, 2.05) is 0 Å². The molecule has 0 fully saturated rings. The van der Waals surface area contributed by atoms with Gasteiger partial charge in [-0.1, -0.05) is 0 Å². The van der Waals surface area contributed by atoms with Crippen LogP contribution in [-0.2, 0) is 4.79 Å². The fourth-order valence-electron chi connectivity index (χ4n) is 0.244. The molecule has 48 valence electrons. The first-order valence-electron chi connectivity index (χ1n) is 2.39. The van der Waals surface area contributed by atoms with E-state index < -0.39 is 5.60 Å². The van der Waals surface area contributed by atoms with Crippen LogP contribution in [0.1, 0.15) is 13.3 Å². The molecule has 0 aliphatic carbocycles. The minimum Gasteiger partial charge on any atom is -0.393 e. The van der Waals surface area contributed by atoms with Crippen LogP contribution in [0.3, 0.4) is 0 Å². The third kappa shape index (κ3) is 2.71. The molecule has 0 radical (unpaired) electrons. The van der Waals surface area contributed by atoms with Crippen molar-refractivity contribution >= 4 is 6.29 Å². The SMILES string of the molecule is CC(O)(CO)CC=O. The molecule has 0 heterocycles. The zero-order valence-corrected chi connectivity index (χ0v) is 4.79. The van der Waals surface area contributed by atoms with Crippen molar-refractivity contribution in [3.63, 3.8) is 0 Å². The molecule has 0 saturated heterocycles. The van der Waals surface area contributed by atoms with E-state index in [4.69, 9.17) is 10.2 Å². The minimum atomic E-state index is -1.22. The lowest BCUT2D eigenvalue weighted by atomic mass is 10.1. The number of aldehydes is 1. The van der Waals surface area contributed by atoms with Gasteiger partial charge < -0.3 is 15.0 Å². The Morgan fingerprint density at radius 2 is 2.25 bits per heavy atom. The molecule has 0 aromatic carbocycles. The number of hydrogen-bond acceptors (Lipinski definition) is 3. The average Bonchev–Trinajstić information content (AvgIpc) is 1.67. The molecule has 2 N–H and O–H groups in total. The van der Waals surface area contributed by atoms with E-state index in [0.29, 0.717) is 6.29 Å². The number of aliphatic hydroxyl groups excluding tert-OH is 1. The molecule has 0 aromatic rings. The van der Waals surface area contributed by atoms with Gasteiger partial charge in [-0.3, -0.25) is 0 Å². The quantitative estimate of drug-likeness (QED) is 0.483. The van der Waals surface area contributed by atoms with Crippen LogP contribution in [0.4, 0.5) is 0 Å². The molecule has 1 unspecified atom stereocenters. The number of carbonyl (C=O) groups is 1. The van der Waals surface area contributed by atoms with Gasteiger partial charge in [0.2, 0.25) is 0 Å². The Labute approximate surface area is 47.9 Å². The molecule has 0 amide bonds. The zero-order valence-electron chi connectivity index (χ0n) is 4.79. The third-order valence-corrected chi connectivity index (χ3v) is 0.864. The lowest BCUT2D eigenvalue weighted by Gasteiger charge is -2.15. The predicted molar refractivity (Wildman–Crippen MR) is 28.4 cm³/mol. The first-order chi connectivity index (χ1) is 3.62. The zero-order chi connectivity index (χ0) is 6.62. The van der Waals surface area contributed by atoms with E-state index in [0.717, 1.165) is 0 Å². The molecular formula is C5H10O3. The lowest BCUT2D eigenvalue weighted by molar-refractivity contribution is -0.113. The maximum atomic E-state index is 9.71. The van der Waals surface area contributed by atoms with Gasteiger partial charge >= 0.3 is 0 Å². The number of hydrogen-bond donors (Lipinski definition) is 2. The summed E-state index contributed by atoms with van der Waals surface area (Å²) in [6.45, 7) is 1.03. The number of carbonyl (C=O) groups excluding carboxylic acids is 1. The van der Waals surface area contributed by atoms with Gasteiger partial charge in [-0.25, -0.2) is 0 Å². The van der Waals surface area contributed by atoms with E-state index in [1.165, 1.54) is 6.92 Å². The first kappa shape index (κ1) is 7.59. The van der Waals surface area contributed by atoms with Gasteiger partial charge in [0.15, 0.2) is 0 Å². The van der Waals surface area contributed by atoms with Crippen LogP contribution in [0.5, 0.6) is 0 Å². The first-order valence-corrected chi connectivity index (χ1v) is 2.39. The molecule has 0 bridgehead atoms. The van der Waals surface area contributed by atoms with Crippen LogP contribution in [0, 0.1) is 0 Å². The van der Waals surface area contributed by atoms with Crippen molar-refractivity contribution in [3.05, 3.63) is 0 Å². The second-order valence-corrected chi connectivity index (χ2v) is 2.03. The van der Waals surface area contributed by atoms with E-state index in [9.17, 15) is 4.79 Å². The second-order valence-electron chi connectivity index (χ2n) is 2.03. The normalized spacial score (nSPS) is 17.4. The summed E-state index contributed by atoms with van der Waals surface area (Å²) in [4.78, 5) is 9.71. The Morgan fingerprint density at radius 3 is 2.38 bits per heavy atom. The molecule has 0 aliphatic heterocycles. The summed E-state index contributed by atoms with van der Waals surface area (Å²) in [6, 6.07) is 0. The molecule has 0 rings (SSSR count). The van der Waals surface area contributed by atoms with Gasteiger partial charge in [0.1, 0.15) is 6.29 Å². The smallest absolute Gasteiger partial charge is 0.122 e. The number of aliphatic hydroxyl groups is 2. The molecule has 0 saturated carbocycles. The van der Waals surface area contributed by atoms with Crippen LogP contribution < -0.4 is 0 Å². The Hall–Kier alpha value is -0.410. The third-order valence-electron chi connectivity index (χ3n) is 0.864. The summed E-state index contributed by atoms with van der Waals surface area (Å²) in [7, 11) is 0. The molecule has 8 heavy (non-hydrogen) atoms. The van der Waals surface area contributed by atoms with E-state index in [2.05, 4.69) is 0 Å². The van der Waals surface area contributed by atoms with Gasteiger partial charge in [-0.05, 0) is 6.92 Å². The summed E-state index contributed by atoms with van der Waals surface area (Å²) >= 11 is 0. The van der Waals surface area contributed by atoms with Crippen molar-refractivity contribution in [2.45, 2.75) is 18.9 Å². The second kappa shape index (κ2) is 2.79. The van der Waals surface area contributed by atoms with Crippen molar-refractivity contribution in [2.24, 2.45) is 0 Å². The largest absolute Gasteiger partial charge is 0.393 e. The predicted octanol–water partition coefficient (Wildman–Crippen LogP) is -0.681. The molecule has 1 atom stereocenters. The molecule has 3 heteroatoms. The highest BCUT2D eigenvalue weighted by atomic mass is 16.3. The fourth-order valence-corrected chi connectivity index (χ4v) is 0.244. The Bertz CT molecular complexity index is 77.7. The highest BCUT2D eigenvalue weighted by Crippen LogP contribution is 2.03. The van der Waals surface area contributed by atoms with Crippen LogP contribution in [0.15, 0.2) is 0 Å². The summed E-state index contributed by atoms with van der Waals surface area (Å²) in [5.41, 5.74) is -1.22. The highest BCUT2D eigenvalue weighted by Gasteiger charge is 2.16. The van der Waals surface area contributed by atoms with Crippen molar-refractivity contribution in [1.82, 2.24) is 0 Å². The topological polar surface area (TPSA) is 57.5 Å². The van der Waals surface area contributed by atoms with Gasteiger partial charge in [0.05, 0.1) is 12.2 Å². The van der Waals surface area contributed by atoms with Crippen molar-refractivity contribution in [2.75, 3.05) is 6.61 Å². The Morgan fingerprint density at radius 1 is 1.75 bits per heavy atom. The van der Waals surface area contributed by atoms with E-state index in [1.54, 1.807) is 0 Å². The fraction of sp³-hybridized carbons (Fsp3) is 0.800. The summed E-state index contributed by atoms with van der Waals surface area (Å²) < 4.78 is 0. The summed E-state index contributed by atoms with van der Waals surface area (Å²) in [6.07, 6.45) is 0.569. The van der Waals surface area contributed by atoms with E-state index in [-0.39, 0.29) is 13.0 Å². The van der Waals surface area contributed by atoms with Crippen molar-refractivity contribution in [1.29, 1.82) is 0 Å². The van der Waals surface area contributed by atoms with Crippen LogP contribution >= 0.6 is 0 Å². The maximum Gasteiger partial charge on any atom is 0.122 e. The van der Waals surface area contributed by atoms with Crippen LogP contribution in [0.25, 0.3) is 0 Å². The molecule has 3 nitrogen and oxygen atoms in total. The molecule has 0 spiro atoms. The lowest BCUT2D eigenvalue weighted by Crippen LogP contribution is -2.28. The van der Waals surface area contributed by atoms with Gasteiger partial charge in [-0.15, -0.1) is 0 Å². The molecule has 0 aromatic heterocycles. The molecule has 0 aliphatic rings. The van der Waals surface area contributed by atoms with Crippen LogP contribution in [0.2, 0.25) is 0 Å². The van der Waals surface area contributed by atoms with Gasteiger partial charge in [-0.2, -0.15) is 0 Å². The molecular weight excluding hydrogens is 108 g/mol. The minimum absolute atomic E-state index is 0.0104. The Kier molecular flexibility index (Phi) is 2.65. The summed E-state index contributed by atoms with van der Waals surface area (Å²) in [5.74, 6) is 0. The summed E-state index contributed by atoms with van der Waals surface area (Å²) in [5, 5.41) is 17.2.